The Morgan fingerprint density at radius 2 is 2.19 bits per heavy atom. The van der Waals surface area contributed by atoms with Gasteiger partial charge in [0.2, 0.25) is 0 Å². The van der Waals surface area contributed by atoms with Crippen molar-refractivity contribution in [2.24, 2.45) is 7.05 Å². The lowest BCUT2D eigenvalue weighted by molar-refractivity contribution is 0.628. The molecule has 0 aliphatic heterocycles. The minimum atomic E-state index is -0.229. The largest absolute Gasteiger partial charge is 0.377 e. The summed E-state index contributed by atoms with van der Waals surface area (Å²) in [6.45, 7) is 2.51. The highest BCUT2D eigenvalue weighted by Gasteiger charge is 2.03. The van der Waals surface area contributed by atoms with Crippen LogP contribution in [0.25, 0.3) is 0 Å². The van der Waals surface area contributed by atoms with E-state index < -0.39 is 0 Å². The average Bonchev–Trinajstić information content (AvgIpc) is 2.66. The third-order valence-corrected chi connectivity index (χ3v) is 2.50. The van der Waals surface area contributed by atoms with Gasteiger partial charge in [0.1, 0.15) is 5.82 Å². The lowest BCUT2D eigenvalue weighted by Crippen LogP contribution is -2.06. The quantitative estimate of drug-likeness (QED) is 0.859. The third-order valence-electron chi connectivity index (χ3n) is 2.50. The molecule has 1 aromatic carbocycles. The van der Waals surface area contributed by atoms with Crippen molar-refractivity contribution in [2.45, 2.75) is 13.5 Å². The Hall–Kier alpha value is -1.84. The number of anilines is 1. The van der Waals surface area contributed by atoms with Gasteiger partial charge in [0.15, 0.2) is 0 Å². The molecule has 4 heteroatoms. The molecule has 0 amide bonds. The maximum atomic E-state index is 13.4. The minimum Gasteiger partial charge on any atom is -0.377 e. The van der Waals surface area contributed by atoms with E-state index >= 15 is 0 Å². The van der Waals surface area contributed by atoms with Crippen LogP contribution in [0.15, 0.2) is 30.5 Å². The van der Waals surface area contributed by atoms with Crippen molar-refractivity contribution in [3.63, 3.8) is 0 Å². The molecule has 1 heterocycles. The molecule has 0 spiro atoms. The number of rotatable bonds is 3. The van der Waals surface area contributed by atoms with Gasteiger partial charge in [0.05, 0.1) is 17.9 Å². The lowest BCUT2D eigenvalue weighted by Gasteiger charge is -2.08. The smallest absolute Gasteiger partial charge is 0.146 e. The van der Waals surface area contributed by atoms with Crippen LogP contribution >= 0.6 is 0 Å². The first-order valence-corrected chi connectivity index (χ1v) is 5.14. The molecule has 0 aliphatic carbocycles. The Bertz CT molecular complexity index is 491. The van der Waals surface area contributed by atoms with Crippen LogP contribution in [0.4, 0.5) is 10.1 Å². The van der Waals surface area contributed by atoms with E-state index in [4.69, 9.17) is 0 Å². The highest BCUT2D eigenvalue weighted by Crippen LogP contribution is 2.16. The van der Waals surface area contributed by atoms with Gasteiger partial charge in [-0.05, 0) is 30.7 Å². The van der Waals surface area contributed by atoms with Gasteiger partial charge in [-0.2, -0.15) is 5.10 Å². The van der Waals surface area contributed by atoms with Gasteiger partial charge < -0.3 is 5.32 Å². The van der Waals surface area contributed by atoms with E-state index in [2.05, 4.69) is 10.4 Å². The molecule has 1 aromatic heterocycles. The first-order valence-electron chi connectivity index (χ1n) is 5.14. The molecular formula is C12H14FN3. The summed E-state index contributed by atoms with van der Waals surface area (Å²) in [5, 5.41) is 7.11. The second-order valence-corrected chi connectivity index (χ2v) is 3.78. The zero-order valence-electron chi connectivity index (χ0n) is 9.37. The van der Waals surface area contributed by atoms with Crippen molar-refractivity contribution < 1.29 is 4.39 Å². The zero-order chi connectivity index (χ0) is 11.5. The number of nitrogens with one attached hydrogen (secondary N) is 1. The molecule has 0 bridgehead atoms. The first-order chi connectivity index (χ1) is 7.66. The Balaban J connectivity index is 2.10. The summed E-state index contributed by atoms with van der Waals surface area (Å²) in [5.41, 5.74) is 2.58. The van der Waals surface area contributed by atoms with Crippen LogP contribution in [0.3, 0.4) is 0 Å². The highest BCUT2D eigenvalue weighted by molar-refractivity contribution is 5.47. The maximum Gasteiger partial charge on any atom is 0.146 e. The Labute approximate surface area is 93.9 Å². The van der Waals surface area contributed by atoms with Gasteiger partial charge in [-0.25, -0.2) is 4.39 Å². The molecule has 0 unspecified atom stereocenters. The molecule has 2 aromatic rings. The SMILES string of the molecule is Cc1ccc(F)c(NCc2ccnn2C)c1. The monoisotopic (exact) mass is 219 g/mol. The molecule has 0 atom stereocenters. The summed E-state index contributed by atoms with van der Waals surface area (Å²) in [4.78, 5) is 0. The molecule has 84 valence electrons. The van der Waals surface area contributed by atoms with Gasteiger partial charge in [-0.3, -0.25) is 4.68 Å². The molecule has 0 saturated carbocycles. The second kappa shape index (κ2) is 4.35. The van der Waals surface area contributed by atoms with E-state index in [1.165, 1.54) is 6.07 Å². The molecule has 0 fully saturated rings. The van der Waals surface area contributed by atoms with E-state index in [0.717, 1.165) is 11.3 Å². The van der Waals surface area contributed by atoms with Crippen molar-refractivity contribution in [1.29, 1.82) is 0 Å². The fourth-order valence-electron chi connectivity index (χ4n) is 1.54. The van der Waals surface area contributed by atoms with Gasteiger partial charge in [-0.15, -0.1) is 0 Å². The number of halogens is 1. The van der Waals surface area contributed by atoms with Gasteiger partial charge in [0, 0.05) is 13.2 Å². The maximum absolute atomic E-state index is 13.4. The number of aromatic nitrogens is 2. The molecule has 3 nitrogen and oxygen atoms in total. The fraction of sp³-hybridized carbons (Fsp3) is 0.250. The predicted octanol–water partition coefficient (Wildman–Crippen LogP) is 2.48. The standard InChI is InChI=1S/C12H14FN3/c1-9-3-4-11(13)12(7-9)14-8-10-5-6-15-16(10)2/h3-7,14H,8H2,1-2H3. The summed E-state index contributed by atoms with van der Waals surface area (Å²) in [6, 6.07) is 6.93. The number of benzene rings is 1. The van der Waals surface area contributed by atoms with Gasteiger partial charge >= 0.3 is 0 Å². The topological polar surface area (TPSA) is 29.9 Å². The van der Waals surface area contributed by atoms with Crippen LogP contribution in [-0.2, 0) is 13.6 Å². The number of hydrogen-bond donors (Lipinski definition) is 1. The van der Waals surface area contributed by atoms with E-state index in [-0.39, 0.29) is 5.82 Å². The third kappa shape index (κ3) is 2.21. The molecule has 0 aliphatic rings. The van der Waals surface area contributed by atoms with Crippen molar-refractivity contribution in [3.05, 3.63) is 47.5 Å². The van der Waals surface area contributed by atoms with Crippen molar-refractivity contribution >= 4 is 5.69 Å². The van der Waals surface area contributed by atoms with Crippen LogP contribution in [0.2, 0.25) is 0 Å². The molecular weight excluding hydrogens is 205 g/mol. The predicted molar refractivity (Wildman–Crippen MR) is 61.7 cm³/mol. The van der Waals surface area contributed by atoms with Crippen LogP contribution in [0, 0.1) is 12.7 Å². The number of aryl methyl sites for hydroxylation is 2. The fourth-order valence-corrected chi connectivity index (χ4v) is 1.54. The zero-order valence-corrected chi connectivity index (χ0v) is 9.37. The highest BCUT2D eigenvalue weighted by atomic mass is 19.1. The summed E-state index contributed by atoms with van der Waals surface area (Å²) >= 11 is 0. The van der Waals surface area contributed by atoms with Crippen molar-refractivity contribution in [2.75, 3.05) is 5.32 Å². The van der Waals surface area contributed by atoms with Crippen LogP contribution < -0.4 is 5.32 Å². The van der Waals surface area contributed by atoms with Gasteiger partial charge in [0.25, 0.3) is 0 Å². The summed E-state index contributed by atoms with van der Waals surface area (Å²) < 4.78 is 15.2. The summed E-state index contributed by atoms with van der Waals surface area (Å²) in [7, 11) is 1.86. The van der Waals surface area contributed by atoms with E-state index in [9.17, 15) is 4.39 Å². The van der Waals surface area contributed by atoms with Crippen LogP contribution in [0.5, 0.6) is 0 Å². The van der Waals surface area contributed by atoms with E-state index in [0.29, 0.717) is 12.2 Å². The molecule has 1 N–H and O–H groups in total. The van der Waals surface area contributed by atoms with Crippen LogP contribution in [0.1, 0.15) is 11.3 Å². The van der Waals surface area contributed by atoms with Gasteiger partial charge in [-0.1, -0.05) is 6.07 Å². The first kappa shape index (κ1) is 10.7. The number of hydrogen-bond acceptors (Lipinski definition) is 2. The molecule has 16 heavy (non-hydrogen) atoms. The van der Waals surface area contributed by atoms with E-state index in [1.54, 1.807) is 23.0 Å². The molecule has 0 saturated heterocycles. The lowest BCUT2D eigenvalue weighted by atomic mass is 10.2. The second-order valence-electron chi connectivity index (χ2n) is 3.78. The van der Waals surface area contributed by atoms with Crippen molar-refractivity contribution in [3.8, 4) is 0 Å². The Morgan fingerprint density at radius 1 is 1.38 bits per heavy atom. The Morgan fingerprint density at radius 3 is 2.88 bits per heavy atom. The summed E-state index contributed by atoms with van der Waals surface area (Å²) in [5.74, 6) is -0.229. The molecule has 0 radical (unpaired) electrons. The van der Waals surface area contributed by atoms with Crippen molar-refractivity contribution in [1.82, 2.24) is 9.78 Å². The Kier molecular flexibility index (Phi) is 2.90. The van der Waals surface area contributed by atoms with E-state index in [1.807, 2.05) is 20.0 Å². The summed E-state index contributed by atoms with van der Waals surface area (Å²) in [6.07, 6.45) is 1.73. The normalized spacial score (nSPS) is 10.4. The molecule has 2 rings (SSSR count). The average molecular weight is 219 g/mol. The minimum absolute atomic E-state index is 0.229. The number of nitrogens with zero attached hydrogens (tertiary/aromatic N) is 2. The van der Waals surface area contributed by atoms with Crippen LogP contribution in [-0.4, -0.2) is 9.78 Å².